The molecule has 0 spiro atoms. The van der Waals surface area contributed by atoms with E-state index in [1.54, 1.807) is 14.2 Å². The Labute approximate surface area is 144 Å². The van der Waals surface area contributed by atoms with Gasteiger partial charge in [-0.25, -0.2) is 0 Å². The van der Waals surface area contributed by atoms with Crippen LogP contribution in [0.25, 0.3) is 0 Å². The fourth-order valence-electron chi connectivity index (χ4n) is 2.68. The van der Waals surface area contributed by atoms with Gasteiger partial charge in [0.25, 0.3) is 0 Å². The molecule has 0 fully saturated rings. The third-order valence-electron chi connectivity index (χ3n) is 3.98. The molecule has 4 heteroatoms. The lowest BCUT2D eigenvalue weighted by Crippen LogP contribution is -2.05. The molecule has 0 aliphatic carbocycles. The quantitative estimate of drug-likeness (QED) is 0.706. The average Bonchev–Trinajstić information content (AvgIpc) is 2.62. The smallest absolute Gasteiger partial charge is 0.164 e. The van der Waals surface area contributed by atoms with Crippen LogP contribution >= 0.6 is 0 Å². The van der Waals surface area contributed by atoms with Crippen LogP contribution in [0.4, 0.5) is 0 Å². The van der Waals surface area contributed by atoms with E-state index in [0.29, 0.717) is 19.0 Å². The largest absolute Gasteiger partial charge is 0.497 e. The first kappa shape index (κ1) is 18.0. The van der Waals surface area contributed by atoms with E-state index >= 15 is 0 Å². The first-order chi connectivity index (χ1) is 11.6. The second-order valence-electron chi connectivity index (χ2n) is 5.40. The zero-order valence-corrected chi connectivity index (χ0v) is 15.1. The van der Waals surface area contributed by atoms with Gasteiger partial charge in [-0.1, -0.05) is 19.1 Å². The van der Waals surface area contributed by atoms with Crippen molar-refractivity contribution in [1.82, 2.24) is 0 Å². The van der Waals surface area contributed by atoms with Crippen molar-refractivity contribution < 1.29 is 18.9 Å². The summed E-state index contributed by atoms with van der Waals surface area (Å²) in [6.45, 7) is 7.27. The molecule has 0 saturated carbocycles. The molecule has 1 atom stereocenters. The number of hydrogen-bond acceptors (Lipinski definition) is 4. The number of methoxy groups -OCH3 is 2. The molecule has 130 valence electrons. The summed E-state index contributed by atoms with van der Waals surface area (Å²) < 4.78 is 22.2. The Morgan fingerprint density at radius 1 is 0.792 bits per heavy atom. The third-order valence-corrected chi connectivity index (χ3v) is 3.98. The van der Waals surface area contributed by atoms with E-state index in [9.17, 15) is 0 Å². The van der Waals surface area contributed by atoms with Crippen molar-refractivity contribution in [2.24, 2.45) is 0 Å². The molecule has 0 aliphatic heterocycles. The Bertz CT molecular complexity index is 649. The van der Waals surface area contributed by atoms with Gasteiger partial charge in [0, 0.05) is 17.5 Å². The minimum absolute atomic E-state index is 0.155. The Hall–Kier alpha value is -2.36. The number of benzene rings is 2. The molecular weight excluding hydrogens is 304 g/mol. The predicted molar refractivity (Wildman–Crippen MR) is 95.8 cm³/mol. The standard InChI is InChI=1S/C20H26O4/c1-6-23-18-13-19(22-5)20(24-7-2)12-17(18)14(3)15-8-10-16(21-4)11-9-15/h8-14H,6-7H2,1-5H3/t14-/m0/s1. The maximum Gasteiger partial charge on any atom is 0.164 e. The maximum absolute atomic E-state index is 5.84. The van der Waals surface area contributed by atoms with E-state index in [1.165, 1.54) is 5.56 Å². The van der Waals surface area contributed by atoms with Crippen LogP contribution in [-0.4, -0.2) is 27.4 Å². The SMILES string of the molecule is CCOc1cc([C@@H](C)c2ccc(OC)cc2)c(OCC)cc1OC. The van der Waals surface area contributed by atoms with Crippen LogP contribution < -0.4 is 18.9 Å². The molecule has 2 aromatic rings. The van der Waals surface area contributed by atoms with Crippen molar-refractivity contribution in [3.63, 3.8) is 0 Å². The van der Waals surface area contributed by atoms with Gasteiger partial charge >= 0.3 is 0 Å². The number of hydrogen-bond donors (Lipinski definition) is 0. The number of ether oxygens (including phenoxy) is 4. The zero-order valence-electron chi connectivity index (χ0n) is 15.1. The van der Waals surface area contributed by atoms with Gasteiger partial charge in [-0.3, -0.25) is 0 Å². The van der Waals surface area contributed by atoms with Gasteiger partial charge in [0.2, 0.25) is 0 Å². The molecular formula is C20H26O4. The molecule has 0 bridgehead atoms. The van der Waals surface area contributed by atoms with Crippen molar-refractivity contribution in [2.45, 2.75) is 26.7 Å². The Balaban J connectivity index is 2.45. The van der Waals surface area contributed by atoms with Crippen LogP contribution in [0.2, 0.25) is 0 Å². The van der Waals surface area contributed by atoms with Crippen molar-refractivity contribution in [1.29, 1.82) is 0 Å². The lowest BCUT2D eigenvalue weighted by Gasteiger charge is -2.20. The van der Waals surface area contributed by atoms with E-state index in [0.717, 1.165) is 22.8 Å². The van der Waals surface area contributed by atoms with E-state index in [1.807, 2.05) is 38.1 Å². The molecule has 24 heavy (non-hydrogen) atoms. The average molecular weight is 330 g/mol. The summed E-state index contributed by atoms with van der Waals surface area (Å²) in [5.41, 5.74) is 2.26. The maximum atomic E-state index is 5.84. The third kappa shape index (κ3) is 3.94. The molecule has 0 aliphatic rings. The highest BCUT2D eigenvalue weighted by molar-refractivity contribution is 5.54. The minimum atomic E-state index is 0.155. The fraction of sp³-hybridized carbons (Fsp3) is 0.400. The molecule has 0 N–H and O–H groups in total. The molecule has 2 rings (SSSR count). The first-order valence-electron chi connectivity index (χ1n) is 8.26. The molecule has 0 radical (unpaired) electrons. The highest BCUT2D eigenvalue weighted by Crippen LogP contribution is 2.40. The van der Waals surface area contributed by atoms with Crippen molar-refractivity contribution in [3.8, 4) is 23.0 Å². The second kappa shape index (κ2) is 8.48. The summed E-state index contributed by atoms with van der Waals surface area (Å²) in [4.78, 5) is 0. The molecule has 0 aromatic heterocycles. The van der Waals surface area contributed by atoms with Gasteiger partial charge in [-0.2, -0.15) is 0 Å². The van der Waals surface area contributed by atoms with Crippen molar-refractivity contribution in [2.75, 3.05) is 27.4 Å². The van der Waals surface area contributed by atoms with Crippen LogP contribution in [0.5, 0.6) is 23.0 Å². The van der Waals surface area contributed by atoms with Gasteiger partial charge < -0.3 is 18.9 Å². The lowest BCUT2D eigenvalue weighted by molar-refractivity contribution is 0.302. The van der Waals surface area contributed by atoms with Crippen LogP contribution in [0.1, 0.15) is 37.8 Å². The normalized spacial score (nSPS) is 11.7. The van der Waals surface area contributed by atoms with Crippen LogP contribution in [0.15, 0.2) is 36.4 Å². The fourth-order valence-corrected chi connectivity index (χ4v) is 2.68. The van der Waals surface area contributed by atoms with Crippen LogP contribution in [0.3, 0.4) is 0 Å². The summed E-state index contributed by atoms with van der Waals surface area (Å²) in [5, 5.41) is 0. The minimum Gasteiger partial charge on any atom is -0.497 e. The summed E-state index contributed by atoms with van der Waals surface area (Å²) in [6.07, 6.45) is 0. The van der Waals surface area contributed by atoms with Gasteiger partial charge in [0.15, 0.2) is 11.5 Å². The van der Waals surface area contributed by atoms with Crippen LogP contribution in [-0.2, 0) is 0 Å². The zero-order chi connectivity index (χ0) is 17.5. The summed E-state index contributed by atoms with van der Waals surface area (Å²) in [6, 6.07) is 12.0. The van der Waals surface area contributed by atoms with Crippen molar-refractivity contribution >= 4 is 0 Å². The summed E-state index contributed by atoms with van der Waals surface area (Å²) in [7, 11) is 3.31. The molecule has 4 nitrogen and oxygen atoms in total. The van der Waals surface area contributed by atoms with Gasteiger partial charge in [-0.15, -0.1) is 0 Å². The molecule has 0 saturated heterocycles. The summed E-state index contributed by atoms with van der Waals surface area (Å²) >= 11 is 0. The molecule has 2 aromatic carbocycles. The van der Waals surface area contributed by atoms with Crippen LogP contribution in [0, 0.1) is 0 Å². The predicted octanol–water partition coefficient (Wildman–Crippen LogP) is 4.65. The van der Waals surface area contributed by atoms with E-state index in [-0.39, 0.29) is 5.92 Å². The second-order valence-corrected chi connectivity index (χ2v) is 5.40. The monoisotopic (exact) mass is 330 g/mol. The van der Waals surface area contributed by atoms with Gasteiger partial charge in [0.05, 0.1) is 27.4 Å². The van der Waals surface area contributed by atoms with Crippen molar-refractivity contribution in [3.05, 3.63) is 47.5 Å². The van der Waals surface area contributed by atoms with Gasteiger partial charge in [0.1, 0.15) is 11.5 Å². The van der Waals surface area contributed by atoms with E-state index < -0.39 is 0 Å². The Morgan fingerprint density at radius 3 is 1.96 bits per heavy atom. The highest BCUT2D eigenvalue weighted by Gasteiger charge is 2.19. The summed E-state index contributed by atoms with van der Waals surface area (Å²) in [5.74, 6) is 3.24. The van der Waals surface area contributed by atoms with Gasteiger partial charge in [-0.05, 0) is 37.6 Å². The lowest BCUT2D eigenvalue weighted by atomic mass is 9.92. The van der Waals surface area contributed by atoms with E-state index in [4.69, 9.17) is 18.9 Å². The van der Waals surface area contributed by atoms with E-state index in [2.05, 4.69) is 19.1 Å². The Morgan fingerprint density at radius 2 is 1.42 bits per heavy atom. The first-order valence-corrected chi connectivity index (χ1v) is 8.26. The highest BCUT2D eigenvalue weighted by atomic mass is 16.5. The molecule has 0 heterocycles. The molecule has 0 amide bonds. The number of rotatable bonds is 8. The Kier molecular flexibility index (Phi) is 6.36. The molecule has 0 unspecified atom stereocenters. The topological polar surface area (TPSA) is 36.9 Å².